The van der Waals surface area contributed by atoms with Gasteiger partial charge in [-0.1, -0.05) is 23.9 Å². The van der Waals surface area contributed by atoms with E-state index < -0.39 is 0 Å². The van der Waals surface area contributed by atoms with Crippen LogP contribution in [-0.4, -0.2) is 15.3 Å². The summed E-state index contributed by atoms with van der Waals surface area (Å²) in [4.78, 5) is 17.0. The summed E-state index contributed by atoms with van der Waals surface area (Å²) in [5, 5.41) is 19.0. The van der Waals surface area contributed by atoms with Gasteiger partial charge in [-0.25, -0.2) is 4.98 Å². The molecule has 0 saturated heterocycles. The van der Waals surface area contributed by atoms with E-state index in [0.29, 0.717) is 41.2 Å². The first kappa shape index (κ1) is 16.1. The minimum Gasteiger partial charge on any atom is -0.287 e. The molecule has 0 aliphatic carbocycles. The van der Waals surface area contributed by atoms with Crippen molar-refractivity contribution in [3.63, 3.8) is 0 Å². The second-order valence-corrected chi connectivity index (χ2v) is 5.78. The molecule has 2 aromatic rings. The van der Waals surface area contributed by atoms with E-state index in [0.717, 1.165) is 0 Å². The predicted octanol–water partition coefficient (Wildman–Crippen LogP) is 2.95. The highest BCUT2D eigenvalue weighted by Gasteiger charge is 2.13. The van der Waals surface area contributed by atoms with Gasteiger partial charge in [0, 0.05) is 18.7 Å². The van der Waals surface area contributed by atoms with Crippen LogP contribution in [0.4, 0.5) is 0 Å². The molecule has 0 bridgehead atoms. The Kier molecular flexibility index (Phi) is 5.57. The van der Waals surface area contributed by atoms with Gasteiger partial charge in [-0.05, 0) is 25.5 Å². The molecule has 22 heavy (non-hydrogen) atoms. The molecule has 5 nitrogen and oxygen atoms in total. The van der Waals surface area contributed by atoms with Crippen LogP contribution in [0.5, 0.6) is 0 Å². The van der Waals surface area contributed by atoms with Crippen molar-refractivity contribution in [3.05, 3.63) is 34.6 Å². The number of nitrogens with zero attached hydrogens (tertiary/aromatic N) is 4. The lowest BCUT2D eigenvalue weighted by Gasteiger charge is -2.12. The highest BCUT2D eigenvalue weighted by molar-refractivity contribution is 7.99. The summed E-state index contributed by atoms with van der Waals surface area (Å²) >= 11 is 1.40. The lowest BCUT2D eigenvalue weighted by Crippen LogP contribution is -2.22. The first-order valence-electron chi connectivity index (χ1n) is 7.10. The van der Waals surface area contributed by atoms with Crippen molar-refractivity contribution in [2.24, 2.45) is 5.92 Å². The summed E-state index contributed by atoms with van der Waals surface area (Å²) in [6.45, 7) is 2.44. The average molecular weight is 312 g/mol. The molecule has 0 aliphatic heterocycles. The molecule has 0 spiro atoms. The first-order valence-corrected chi connectivity index (χ1v) is 8.08. The number of hydrogen-bond acceptors (Lipinski definition) is 5. The van der Waals surface area contributed by atoms with Crippen LogP contribution in [0, 0.1) is 28.6 Å². The molecule has 2 rings (SSSR count). The molecule has 0 saturated carbocycles. The van der Waals surface area contributed by atoms with Gasteiger partial charge in [0.15, 0.2) is 5.16 Å². The van der Waals surface area contributed by atoms with Gasteiger partial charge in [-0.2, -0.15) is 10.5 Å². The van der Waals surface area contributed by atoms with E-state index in [2.05, 4.69) is 17.1 Å². The van der Waals surface area contributed by atoms with E-state index in [1.54, 1.807) is 10.6 Å². The molecule has 6 heteroatoms. The van der Waals surface area contributed by atoms with Crippen molar-refractivity contribution >= 4 is 22.7 Å². The monoisotopic (exact) mass is 312 g/mol. The van der Waals surface area contributed by atoms with Crippen molar-refractivity contribution in [1.82, 2.24) is 9.55 Å². The van der Waals surface area contributed by atoms with Crippen molar-refractivity contribution in [3.8, 4) is 12.1 Å². The number of fused-ring (bicyclic) bond motifs is 1. The molecule has 1 aromatic carbocycles. The number of hydrogen-bond donors (Lipinski definition) is 0. The SMILES string of the molecule is CCn1c(SC[C@H](C#N)CCC#N)nc2ccccc2c1=O. The lowest BCUT2D eigenvalue weighted by molar-refractivity contribution is 0.630. The Morgan fingerprint density at radius 2 is 2.14 bits per heavy atom. The maximum Gasteiger partial charge on any atom is 0.262 e. The van der Waals surface area contributed by atoms with Gasteiger partial charge >= 0.3 is 0 Å². The number of nitriles is 2. The molecule has 0 amide bonds. The summed E-state index contributed by atoms with van der Waals surface area (Å²) in [6.07, 6.45) is 0.911. The van der Waals surface area contributed by atoms with Crippen molar-refractivity contribution < 1.29 is 0 Å². The van der Waals surface area contributed by atoms with Crippen LogP contribution in [-0.2, 0) is 6.54 Å². The van der Waals surface area contributed by atoms with Crippen LogP contribution in [0.3, 0.4) is 0 Å². The van der Waals surface area contributed by atoms with Crippen LogP contribution >= 0.6 is 11.8 Å². The smallest absolute Gasteiger partial charge is 0.262 e. The first-order chi connectivity index (χ1) is 10.7. The molecule has 0 N–H and O–H groups in total. The number of rotatable bonds is 6. The van der Waals surface area contributed by atoms with Gasteiger partial charge in [0.2, 0.25) is 0 Å². The van der Waals surface area contributed by atoms with Crippen molar-refractivity contribution in [2.45, 2.75) is 31.5 Å². The number of benzene rings is 1. The topological polar surface area (TPSA) is 82.5 Å². The maximum absolute atomic E-state index is 12.5. The largest absolute Gasteiger partial charge is 0.287 e. The van der Waals surface area contributed by atoms with Crippen LogP contribution in [0.2, 0.25) is 0 Å². The van der Waals surface area contributed by atoms with E-state index in [4.69, 9.17) is 10.5 Å². The normalized spacial score (nSPS) is 11.8. The third kappa shape index (κ3) is 3.47. The molecule has 0 fully saturated rings. The Labute approximate surface area is 133 Å². The molecule has 1 heterocycles. The predicted molar refractivity (Wildman–Crippen MR) is 86.4 cm³/mol. The van der Waals surface area contributed by atoms with Crippen molar-refractivity contribution in [2.75, 3.05) is 5.75 Å². The molecule has 0 unspecified atom stereocenters. The van der Waals surface area contributed by atoms with Crippen LogP contribution in [0.15, 0.2) is 34.2 Å². The zero-order valence-corrected chi connectivity index (χ0v) is 13.1. The zero-order valence-electron chi connectivity index (χ0n) is 12.3. The van der Waals surface area contributed by atoms with Crippen LogP contribution in [0.1, 0.15) is 19.8 Å². The van der Waals surface area contributed by atoms with Gasteiger partial charge < -0.3 is 0 Å². The molecular weight excluding hydrogens is 296 g/mol. The molecular formula is C16H16N4OS. The molecule has 1 atom stereocenters. The summed E-state index contributed by atoms with van der Waals surface area (Å²) < 4.78 is 1.63. The van der Waals surface area contributed by atoms with Crippen molar-refractivity contribution in [1.29, 1.82) is 10.5 Å². The minimum atomic E-state index is -0.210. The van der Waals surface area contributed by atoms with Crippen LogP contribution < -0.4 is 5.56 Å². The highest BCUT2D eigenvalue weighted by Crippen LogP contribution is 2.22. The summed E-state index contributed by atoms with van der Waals surface area (Å²) in [5.74, 6) is 0.321. The average Bonchev–Trinajstić information content (AvgIpc) is 2.55. The molecule has 1 aromatic heterocycles. The van der Waals surface area contributed by atoms with E-state index in [1.165, 1.54) is 11.8 Å². The van der Waals surface area contributed by atoms with E-state index in [-0.39, 0.29) is 11.5 Å². The number of thioether (sulfide) groups is 1. The second kappa shape index (κ2) is 7.63. The van der Waals surface area contributed by atoms with Gasteiger partial charge in [0.1, 0.15) is 0 Å². The Bertz CT molecular complexity index is 800. The fourth-order valence-corrected chi connectivity index (χ4v) is 3.26. The molecule has 0 aliphatic rings. The fraction of sp³-hybridized carbons (Fsp3) is 0.375. The third-order valence-electron chi connectivity index (χ3n) is 3.34. The second-order valence-electron chi connectivity index (χ2n) is 4.79. The Morgan fingerprint density at radius 1 is 1.36 bits per heavy atom. The Morgan fingerprint density at radius 3 is 2.82 bits per heavy atom. The summed E-state index contributed by atoms with van der Waals surface area (Å²) in [7, 11) is 0. The standard InChI is InChI=1S/C16H16N4OS/c1-2-20-15(21)13-7-3-4-8-14(13)19-16(20)22-11-12(10-18)6-5-9-17/h3-4,7-8,12H,2,5-6,11H2,1H3/t12-/m0/s1. The summed E-state index contributed by atoms with van der Waals surface area (Å²) in [6, 6.07) is 11.5. The summed E-state index contributed by atoms with van der Waals surface area (Å²) in [5.41, 5.74) is 0.617. The zero-order chi connectivity index (χ0) is 15.9. The Balaban J connectivity index is 2.29. The molecule has 112 valence electrons. The lowest BCUT2D eigenvalue weighted by atomic mass is 10.1. The van der Waals surface area contributed by atoms with Gasteiger partial charge in [-0.15, -0.1) is 0 Å². The highest BCUT2D eigenvalue weighted by atomic mass is 32.2. The molecule has 0 radical (unpaired) electrons. The van der Waals surface area contributed by atoms with Crippen LogP contribution in [0.25, 0.3) is 10.9 Å². The van der Waals surface area contributed by atoms with E-state index >= 15 is 0 Å². The van der Waals surface area contributed by atoms with Gasteiger partial charge in [-0.3, -0.25) is 9.36 Å². The van der Waals surface area contributed by atoms with E-state index in [1.807, 2.05) is 25.1 Å². The number of aromatic nitrogens is 2. The Hall–Kier alpha value is -2.31. The van der Waals surface area contributed by atoms with E-state index in [9.17, 15) is 4.79 Å². The minimum absolute atomic E-state index is 0.0545. The number of para-hydroxylation sites is 1. The quantitative estimate of drug-likeness (QED) is 0.605. The van der Waals surface area contributed by atoms with Gasteiger partial charge in [0.25, 0.3) is 5.56 Å². The third-order valence-corrected chi connectivity index (χ3v) is 4.48. The van der Waals surface area contributed by atoms with Gasteiger partial charge in [0.05, 0.1) is 29.0 Å². The fourth-order valence-electron chi connectivity index (χ4n) is 2.14. The maximum atomic E-state index is 12.5.